The monoisotopic (exact) mass is 383 g/mol. The summed E-state index contributed by atoms with van der Waals surface area (Å²) in [5, 5.41) is 10.4. The molecule has 0 saturated heterocycles. The van der Waals surface area contributed by atoms with Gasteiger partial charge in [-0.2, -0.15) is 18.3 Å². The number of rotatable bonds is 8. The molecule has 0 radical (unpaired) electrons. The number of aromatic nitrogens is 2. The second-order valence-corrected chi connectivity index (χ2v) is 5.91. The fourth-order valence-corrected chi connectivity index (χ4v) is 2.31. The molecule has 0 aliphatic carbocycles. The summed E-state index contributed by atoms with van der Waals surface area (Å²) in [6.07, 6.45) is -0.811. The van der Waals surface area contributed by atoms with Crippen molar-refractivity contribution in [3.05, 3.63) is 47.8 Å². The number of aryl methyl sites for hydroxylation is 1. The van der Waals surface area contributed by atoms with E-state index in [1.807, 2.05) is 25.3 Å². The predicted octanol–water partition coefficient (Wildman–Crippen LogP) is 2.89. The Morgan fingerprint density at radius 3 is 2.78 bits per heavy atom. The van der Waals surface area contributed by atoms with Gasteiger partial charge < -0.3 is 15.4 Å². The Morgan fingerprint density at radius 1 is 1.30 bits per heavy atom. The molecule has 0 fully saturated rings. The highest BCUT2D eigenvalue weighted by Gasteiger charge is 2.28. The van der Waals surface area contributed by atoms with E-state index < -0.39 is 12.8 Å². The molecule has 2 rings (SSSR count). The van der Waals surface area contributed by atoms with Gasteiger partial charge in [0.2, 0.25) is 0 Å². The molecule has 1 aromatic heterocycles. The summed E-state index contributed by atoms with van der Waals surface area (Å²) in [6, 6.07) is 7.00. The first-order valence-corrected chi connectivity index (χ1v) is 8.66. The number of ether oxygens (including phenoxy) is 1. The average Bonchev–Trinajstić information content (AvgIpc) is 3.11. The second kappa shape index (κ2) is 9.84. The topological polar surface area (TPSA) is 63.5 Å². The lowest BCUT2D eigenvalue weighted by atomic mass is 10.1. The minimum Gasteiger partial charge on any atom is -0.484 e. The minimum absolute atomic E-state index is 0.198. The molecule has 0 aliphatic rings. The van der Waals surface area contributed by atoms with Crippen LogP contribution in [0.4, 0.5) is 13.2 Å². The van der Waals surface area contributed by atoms with Gasteiger partial charge >= 0.3 is 6.18 Å². The van der Waals surface area contributed by atoms with E-state index in [0.29, 0.717) is 31.2 Å². The van der Waals surface area contributed by atoms with Crippen LogP contribution >= 0.6 is 0 Å². The van der Waals surface area contributed by atoms with Gasteiger partial charge in [-0.15, -0.1) is 0 Å². The highest BCUT2D eigenvalue weighted by Crippen LogP contribution is 2.24. The number of halogens is 3. The van der Waals surface area contributed by atoms with Crippen molar-refractivity contribution < 1.29 is 17.9 Å². The number of nitrogens with one attached hydrogen (secondary N) is 2. The Hall–Kier alpha value is -2.71. The number of hydrogen-bond donors (Lipinski definition) is 2. The summed E-state index contributed by atoms with van der Waals surface area (Å²) in [4.78, 5) is 4.44. The van der Waals surface area contributed by atoms with Crippen LogP contribution in [0, 0.1) is 6.92 Å². The van der Waals surface area contributed by atoms with Crippen LogP contribution in [-0.4, -0.2) is 41.6 Å². The first-order chi connectivity index (χ1) is 12.9. The van der Waals surface area contributed by atoms with Gasteiger partial charge in [0.25, 0.3) is 0 Å². The van der Waals surface area contributed by atoms with Gasteiger partial charge in [0, 0.05) is 31.0 Å². The van der Waals surface area contributed by atoms with Crippen LogP contribution in [0.2, 0.25) is 0 Å². The van der Waals surface area contributed by atoms with Crippen LogP contribution in [0.5, 0.6) is 5.75 Å². The molecule has 0 atom stereocenters. The summed E-state index contributed by atoms with van der Waals surface area (Å²) in [5.41, 5.74) is 1.42. The molecule has 0 bridgehead atoms. The van der Waals surface area contributed by atoms with Gasteiger partial charge in [-0.1, -0.05) is 12.1 Å². The van der Waals surface area contributed by atoms with Crippen molar-refractivity contribution in [2.24, 2.45) is 4.99 Å². The number of nitrogens with zero attached hydrogens (tertiary/aromatic N) is 3. The first kappa shape index (κ1) is 20.6. The third-order valence-corrected chi connectivity index (χ3v) is 3.56. The molecule has 1 aromatic carbocycles. The lowest BCUT2D eigenvalue weighted by Crippen LogP contribution is -2.38. The van der Waals surface area contributed by atoms with Crippen molar-refractivity contribution in [1.82, 2.24) is 20.4 Å². The van der Waals surface area contributed by atoms with Crippen LogP contribution in [0.15, 0.2) is 41.7 Å². The van der Waals surface area contributed by atoms with Gasteiger partial charge in [-0.25, -0.2) is 4.99 Å². The molecule has 1 heterocycles. The standard InChI is InChI=1S/C18H24F3N5O/c1-3-22-17(23-8-10-26-9-4-7-25-26)24-12-15-6-5-14(2)11-16(15)27-13-18(19,20)21/h4-7,9,11H,3,8,10,12-13H2,1-2H3,(H2,22,23,24). The Kier molecular flexibility index (Phi) is 7.51. The Bertz CT molecular complexity index is 729. The molecule has 27 heavy (non-hydrogen) atoms. The third-order valence-electron chi connectivity index (χ3n) is 3.56. The van der Waals surface area contributed by atoms with E-state index >= 15 is 0 Å². The molecule has 0 unspecified atom stereocenters. The zero-order valence-electron chi connectivity index (χ0n) is 15.4. The summed E-state index contributed by atoms with van der Waals surface area (Å²) in [5.74, 6) is 0.774. The molecule has 0 saturated carbocycles. The van der Waals surface area contributed by atoms with E-state index in [9.17, 15) is 13.2 Å². The fraction of sp³-hybridized carbons (Fsp3) is 0.444. The van der Waals surface area contributed by atoms with Crippen LogP contribution in [0.1, 0.15) is 18.1 Å². The van der Waals surface area contributed by atoms with Crippen molar-refractivity contribution in [2.45, 2.75) is 33.1 Å². The van der Waals surface area contributed by atoms with Crippen molar-refractivity contribution in [3.63, 3.8) is 0 Å². The molecular formula is C18H24F3N5O. The SMILES string of the molecule is CCNC(=NCc1ccc(C)cc1OCC(F)(F)F)NCCn1cccn1. The van der Waals surface area contributed by atoms with Crippen molar-refractivity contribution in [3.8, 4) is 5.75 Å². The van der Waals surface area contributed by atoms with Crippen LogP contribution in [-0.2, 0) is 13.1 Å². The lowest BCUT2D eigenvalue weighted by Gasteiger charge is -2.14. The molecule has 0 amide bonds. The van der Waals surface area contributed by atoms with E-state index in [0.717, 1.165) is 5.56 Å². The number of alkyl halides is 3. The molecule has 6 nitrogen and oxygen atoms in total. The van der Waals surface area contributed by atoms with Crippen molar-refractivity contribution in [1.29, 1.82) is 0 Å². The summed E-state index contributed by atoms with van der Waals surface area (Å²) in [6.45, 7) is 4.56. The molecule has 0 spiro atoms. The largest absolute Gasteiger partial charge is 0.484 e. The van der Waals surface area contributed by atoms with Gasteiger partial charge in [0.05, 0.1) is 13.1 Å². The van der Waals surface area contributed by atoms with Crippen LogP contribution in [0.25, 0.3) is 0 Å². The predicted molar refractivity (Wildman–Crippen MR) is 97.8 cm³/mol. The second-order valence-electron chi connectivity index (χ2n) is 5.91. The molecule has 9 heteroatoms. The van der Waals surface area contributed by atoms with E-state index in [2.05, 4.69) is 20.7 Å². The maximum Gasteiger partial charge on any atom is 0.422 e. The summed E-state index contributed by atoms with van der Waals surface area (Å²) >= 11 is 0. The van der Waals surface area contributed by atoms with E-state index in [4.69, 9.17) is 4.74 Å². The Labute approximate surface area is 156 Å². The fourth-order valence-electron chi connectivity index (χ4n) is 2.31. The molecule has 0 aliphatic heterocycles. The maximum absolute atomic E-state index is 12.5. The van der Waals surface area contributed by atoms with Crippen LogP contribution < -0.4 is 15.4 Å². The molecule has 2 aromatic rings. The highest BCUT2D eigenvalue weighted by atomic mass is 19.4. The van der Waals surface area contributed by atoms with E-state index in [-0.39, 0.29) is 12.3 Å². The normalized spacial score (nSPS) is 12.1. The van der Waals surface area contributed by atoms with Crippen LogP contribution in [0.3, 0.4) is 0 Å². The maximum atomic E-state index is 12.5. The van der Waals surface area contributed by atoms with Gasteiger partial charge in [0.1, 0.15) is 5.75 Å². The van der Waals surface area contributed by atoms with Gasteiger partial charge in [0.15, 0.2) is 12.6 Å². The van der Waals surface area contributed by atoms with E-state index in [1.54, 1.807) is 29.9 Å². The number of hydrogen-bond acceptors (Lipinski definition) is 3. The Morgan fingerprint density at radius 2 is 2.11 bits per heavy atom. The number of benzene rings is 1. The highest BCUT2D eigenvalue weighted by molar-refractivity contribution is 5.79. The first-order valence-electron chi connectivity index (χ1n) is 8.66. The number of guanidine groups is 1. The zero-order chi connectivity index (χ0) is 19.7. The third kappa shape index (κ3) is 7.59. The number of aliphatic imine (C=N–C) groups is 1. The average molecular weight is 383 g/mol. The van der Waals surface area contributed by atoms with E-state index in [1.165, 1.54) is 0 Å². The summed E-state index contributed by atoms with van der Waals surface area (Å²) in [7, 11) is 0. The Balaban J connectivity index is 2.00. The molecular weight excluding hydrogens is 359 g/mol. The molecule has 148 valence electrons. The minimum atomic E-state index is -4.38. The van der Waals surface area contributed by atoms with Gasteiger partial charge in [-0.05, 0) is 31.5 Å². The smallest absolute Gasteiger partial charge is 0.422 e. The van der Waals surface area contributed by atoms with Crippen molar-refractivity contribution in [2.75, 3.05) is 19.7 Å². The van der Waals surface area contributed by atoms with Gasteiger partial charge in [-0.3, -0.25) is 4.68 Å². The molecule has 2 N–H and O–H groups in total. The lowest BCUT2D eigenvalue weighted by molar-refractivity contribution is -0.153. The van der Waals surface area contributed by atoms with Crippen molar-refractivity contribution >= 4 is 5.96 Å². The quantitative estimate of drug-likeness (QED) is 0.544. The summed E-state index contributed by atoms with van der Waals surface area (Å²) < 4.78 is 44.1. The zero-order valence-corrected chi connectivity index (χ0v) is 15.4.